The van der Waals surface area contributed by atoms with Crippen molar-refractivity contribution in [2.24, 2.45) is 0 Å². The van der Waals surface area contributed by atoms with Crippen LogP contribution in [0.15, 0.2) is 47.4 Å². The zero-order valence-corrected chi connectivity index (χ0v) is 13.0. The summed E-state index contributed by atoms with van der Waals surface area (Å²) in [5.74, 6) is 0.764. The summed E-state index contributed by atoms with van der Waals surface area (Å²) in [7, 11) is -1.77. The first kappa shape index (κ1) is 15.0. The molecule has 2 aromatic carbocycles. The van der Waals surface area contributed by atoms with Crippen LogP contribution in [0.25, 0.3) is 0 Å². The van der Waals surface area contributed by atoms with Crippen molar-refractivity contribution in [2.75, 3.05) is 7.11 Å². The highest BCUT2D eigenvalue weighted by molar-refractivity contribution is 8.29. The molecular formula is C15H16O3S2. The molecule has 0 aliphatic carbocycles. The number of rotatable bonds is 4. The van der Waals surface area contributed by atoms with Gasteiger partial charge in [-0.1, -0.05) is 29.8 Å². The van der Waals surface area contributed by atoms with Gasteiger partial charge in [0.05, 0.1) is 12.0 Å². The van der Waals surface area contributed by atoms with Crippen molar-refractivity contribution in [2.45, 2.75) is 18.2 Å². The van der Waals surface area contributed by atoms with Crippen molar-refractivity contribution in [3.05, 3.63) is 59.2 Å². The van der Waals surface area contributed by atoms with Crippen molar-refractivity contribution in [1.82, 2.24) is 0 Å². The Morgan fingerprint density at radius 3 is 2.65 bits per heavy atom. The van der Waals surface area contributed by atoms with Gasteiger partial charge in [0, 0.05) is 11.2 Å². The van der Waals surface area contributed by atoms with Crippen LogP contribution in [0.2, 0.25) is 0 Å². The average Bonchev–Trinajstić information content (AvgIpc) is 2.37. The van der Waals surface area contributed by atoms with E-state index in [9.17, 15) is 8.76 Å². The SMILES string of the molecule is COc1cccc(Cc2cc(C)ccc2S(=O)(O)=S)c1. The van der Waals surface area contributed by atoms with E-state index in [-0.39, 0.29) is 0 Å². The Morgan fingerprint density at radius 2 is 2.00 bits per heavy atom. The summed E-state index contributed by atoms with van der Waals surface area (Å²) in [5.41, 5.74) is 2.82. The first-order chi connectivity index (χ1) is 9.40. The van der Waals surface area contributed by atoms with Crippen molar-refractivity contribution >= 4 is 20.0 Å². The third kappa shape index (κ3) is 3.56. The molecule has 20 heavy (non-hydrogen) atoms. The fourth-order valence-corrected chi connectivity index (χ4v) is 3.29. The largest absolute Gasteiger partial charge is 0.497 e. The molecule has 5 heteroatoms. The van der Waals surface area contributed by atoms with Gasteiger partial charge in [0.2, 0.25) is 0 Å². The molecule has 0 amide bonds. The normalized spacial score (nSPS) is 13.8. The fourth-order valence-electron chi connectivity index (χ4n) is 2.10. The number of ether oxygens (including phenoxy) is 1. The molecule has 0 saturated heterocycles. The van der Waals surface area contributed by atoms with E-state index in [1.807, 2.05) is 37.3 Å². The molecule has 0 heterocycles. The van der Waals surface area contributed by atoms with Crippen molar-refractivity contribution < 1.29 is 13.5 Å². The molecule has 0 bridgehead atoms. The highest BCUT2D eigenvalue weighted by Crippen LogP contribution is 2.22. The third-order valence-corrected chi connectivity index (χ3v) is 4.52. The summed E-state index contributed by atoms with van der Waals surface area (Å²) >= 11 is 4.71. The number of hydrogen-bond donors (Lipinski definition) is 1. The molecule has 0 aliphatic rings. The smallest absolute Gasteiger partial charge is 0.171 e. The Labute approximate surface area is 124 Å². The van der Waals surface area contributed by atoms with Gasteiger partial charge in [-0.15, -0.1) is 0 Å². The van der Waals surface area contributed by atoms with E-state index in [4.69, 9.17) is 15.9 Å². The van der Waals surface area contributed by atoms with E-state index < -0.39 is 8.77 Å². The van der Waals surface area contributed by atoms with Gasteiger partial charge in [-0.05, 0) is 42.7 Å². The minimum absolute atomic E-state index is 0.320. The first-order valence-electron chi connectivity index (χ1n) is 6.10. The van der Waals surface area contributed by atoms with Gasteiger partial charge in [0.1, 0.15) is 5.75 Å². The van der Waals surface area contributed by atoms with Crippen LogP contribution in [-0.2, 0) is 26.4 Å². The molecular weight excluding hydrogens is 292 g/mol. The number of benzene rings is 2. The van der Waals surface area contributed by atoms with Crippen LogP contribution < -0.4 is 4.74 Å². The molecule has 0 saturated carbocycles. The second-order valence-electron chi connectivity index (χ2n) is 4.61. The number of aryl methyl sites for hydroxylation is 1. The van der Waals surface area contributed by atoms with Gasteiger partial charge in [-0.3, -0.25) is 0 Å². The lowest BCUT2D eigenvalue weighted by Gasteiger charge is -2.11. The van der Waals surface area contributed by atoms with Crippen LogP contribution in [0.3, 0.4) is 0 Å². The van der Waals surface area contributed by atoms with Gasteiger partial charge >= 0.3 is 0 Å². The van der Waals surface area contributed by atoms with Crippen molar-refractivity contribution in [1.29, 1.82) is 0 Å². The predicted octanol–water partition coefficient (Wildman–Crippen LogP) is 3.17. The van der Waals surface area contributed by atoms with Crippen LogP contribution in [-0.4, -0.2) is 15.9 Å². The molecule has 3 nitrogen and oxygen atoms in total. The molecule has 0 fully saturated rings. The van der Waals surface area contributed by atoms with E-state index in [1.54, 1.807) is 19.2 Å². The highest BCUT2D eigenvalue weighted by Gasteiger charge is 2.12. The molecule has 0 aromatic heterocycles. The minimum atomic E-state index is -3.38. The molecule has 1 atom stereocenters. The van der Waals surface area contributed by atoms with Crippen LogP contribution >= 0.6 is 0 Å². The minimum Gasteiger partial charge on any atom is -0.497 e. The second-order valence-corrected chi connectivity index (χ2v) is 7.36. The number of methoxy groups -OCH3 is 1. The first-order valence-corrected chi connectivity index (χ1v) is 8.54. The topological polar surface area (TPSA) is 46.5 Å². The summed E-state index contributed by atoms with van der Waals surface area (Å²) in [6, 6.07) is 13.0. The molecule has 1 N–H and O–H groups in total. The lowest BCUT2D eigenvalue weighted by Crippen LogP contribution is -2.03. The maximum atomic E-state index is 11.8. The summed E-state index contributed by atoms with van der Waals surface area (Å²) in [6.07, 6.45) is 0.544. The van der Waals surface area contributed by atoms with E-state index in [0.29, 0.717) is 11.3 Å². The third-order valence-electron chi connectivity index (χ3n) is 3.02. The molecule has 0 aliphatic heterocycles. The fraction of sp³-hybridized carbons (Fsp3) is 0.200. The Balaban J connectivity index is 2.44. The highest BCUT2D eigenvalue weighted by atomic mass is 32.8. The summed E-state index contributed by atoms with van der Waals surface area (Å²) in [5, 5.41) is 0. The summed E-state index contributed by atoms with van der Waals surface area (Å²) < 4.78 is 26.6. The maximum absolute atomic E-state index is 11.8. The Morgan fingerprint density at radius 1 is 1.25 bits per heavy atom. The molecule has 2 aromatic rings. The maximum Gasteiger partial charge on any atom is 0.171 e. The Kier molecular flexibility index (Phi) is 4.42. The molecule has 0 radical (unpaired) electrons. The van der Waals surface area contributed by atoms with Gasteiger partial charge in [-0.25, -0.2) is 4.21 Å². The zero-order valence-electron chi connectivity index (χ0n) is 11.3. The van der Waals surface area contributed by atoms with E-state index >= 15 is 0 Å². The van der Waals surface area contributed by atoms with Gasteiger partial charge in [-0.2, -0.15) is 0 Å². The van der Waals surface area contributed by atoms with Crippen LogP contribution in [0.1, 0.15) is 16.7 Å². The van der Waals surface area contributed by atoms with Crippen molar-refractivity contribution in [3.8, 4) is 5.75 Å². The molecule has 106 valence electrons. The van der Waals surface area contributed by atoms with Gasteiger partial charge in [0.25, 0.3) is 0 Å². The zero-order chi connectivity index (χ0) is 14.8. The summed E-state index contributed by atoms with van der Waals surface area (Å²) in [4.78, 5) is 0.320. The molecule has 0 spiro atoms. The standard InChI is InChI=1S/C15H16O3S2/c1-11-6-7-15(20(16,17)19)13(8-11)9-12-4-3-5-14(10-12)18-2/h3-8,10H,9H2,1-2H3,(H,16,17,19). The lowest BCUT2D eigenvalue weighted by atomic mass is 10.0. The van der Waals surface area contributed by atoms with Crippen molar-refractivity contribution in [3.63, 3.8) is 0 Å². The Bertz CT molecular complexity index is 722. The number of hydrogen-bond acceptors (Lipinski definition) is 3. The lowest BCUT2D eigenvalue weighted by molar-refractivity contribution is 0.414. The molecule has 1 unspecified atom stereocenters. The van der Waals surface area contributed by atoms with Crippen LogP contribution in [0, 0.1) is 6.92 Å². The van der Waals surface area contributed by atoms with Gasteiger partial charge < -0.3 is 9.29 Å². The summed E-state index contributed by atoms with van der Waals surface area (Å²) in [6.45, 7) is 1.95. The van der Waals surface area contributed by atoms with E-state index in [2.05, 4.69) is 0 Å². The molecule has 2 rings (SSSR count). The van der Waals surface area contributed by atoms with E-state index in [0.717, 1.165) is 22.4 Å². The Hall–Kier alpha value is -1.43. The van der Waals surface area contributed by atoms with E-state index in [1.165, 1.54) is 0 Å². The van der Waals surface area contributed by atoms with Crippen LogP contribution in [0.4, 0.5) is 0 Å². The quantitative estimate of drug-likeness (QED) is 0.942. The average molecular weight is 308 g/mol. The monoisotopic (exact) mass is 308 g/mol. The second kappa shape index (κ2) is 5.91. The van der Waals surface area contributed by atoms with Gasteiger partial charge in [0.15, 0.2) is 8.77 Å². The van der Waals surface area contributed by atoms with Crippen LogP contribution in [0.5, 0.6) is 5.75 Å². The predicted molar refractivity (Wildman–Crippen MR) is 83.4 cm³/mol.